The molecule has 2 N–H and O–H groups in total. The average Bonchev–Trinajstić information content (AvgIpc) is 2.77. The third kappa shape index (κ3) is 2.84. The Morgan fingerprint density at radius 2 is 2.39 bits per heavy atom. The number of benzene rings is 1. The van der Waals surface area contributed by atoms with Crippen LogP contribution in [0, 0.1) is 12.7 Å². The van der Waals surface area contributed by atoms with Gasteiger partial charge in [0, 0.05) is 12.3 Å². The summed E-state index contributed by atoms with van der Waals surface area (Å²) < 4.78 is 13.7. The summed E-state index contributed by atoms with van der Waals surface area (Å²) in [5, 5.41) is 12.7. The molecule has 0 spiro atoms. The Morgan fingerprint density at radius 1 is 1.61 bits per heavy atom. The highest BCUT2D eigenvalue weighted by atomic mass is 32.2. The predicted molar refractivity (Wildman–Crippen MR) is 70.4 cm³/mol. The van der Waals surface area contributed by atoms with Crippen molar-refractivity contribution in [2.45, 2.75) is 18.9 Å². The molecule has 1 fully saturated rings. The number of aryl methyl sites for hydroxylation is 1. The molecule has 2 rings (SSSR count). The molecule has 18 heavy (non-hydrogen) atoms. The van der Waals surface area contributed by atoms with E-state index in [1.807, 2.05) is 0 Å². The summed E-state index contributed by atoms with van der Waals surface area (Å²) >= 11 is 1.66. The lowest BCUT2D eigenvalue weighted by atomic mass is 10.0. The first-order chi connectivity index (χ1) is 8.52. The van der Waals surface area contributed by atoms with Crippen molar-refractivity contribution in [3.8, 4) is 0 Å². The third-order valence-electron chi connectivity index (χ3n) is 3.10. The number of nitrogens with one attached hydrogen (secondary N) is 1. The Kier molecular flexibility index (Phi) is 3.92. The maximum absolute atomic E-state index is 13.7. The molecule has 0 aromatic heterocycles. The second-order valence-electron chi connectivity index (χ2n) is 4.65. The molecule has 1 unspecified atom stereocenters. The van der Waals surface area contributed by atoms with Gasteiger partial charge in [-0.25, -0.2) is 4.39 Å². The lowest BCUT2D eigenvalue weighted by molar-refractivity contribution is 0.0611. The van der Waals surface area contributed by atoms with E-state index in [1.54, 1.807) is 30.8 Å². The van der Waals surface area contributed by atoms with Gasteiger partial charge in [0.1, 0.15) is 5.82 Å². The zero-order chi connectivity index (χ0) is 13.2. The van der Waals surface area contributed by atoms with E-state index in [0.717, 1.165) is 5.75 Å². The molecule has 1 amide bonds. The zero-order valence-corrected chi connectivity index (χ0v) is 11.0. The molecule has 1 atom stereocenters. The van der Waals surface area contributed by atoms with Gasteiger partial charge in [-0.3, -0.25) is 4.79 Å². The first-order valence-corrected chi connectivity index (χ1v) is 7.01. The molecular weight excluding hydrogens is 253 g/mol. The number of aliphatic hydroxyl groups is 1. The summed E-state index contributed by atoms with van der Waals surface area (Å²) in [6, 6.07) is 4.71. The van der Waals surface area contributed by atoms with Crippen molar-refractivity contribution in [2.75, 3.05) is 18.1 Å². The van der Waals surface area contributed by atoms with Crippen molar-refractivity contribution in [3.05, 3.63) is 35.1 Å². The van der Waals surface area contributed by atoms with Crippen LogP contribution in [0.1, 0.15) is 22.3 Å². The molecule has 0 bridgehead atoms. The normalized spacial score (nSPS) is 23.1. The van der Waals surface area contributed by atoms with Crippen LogP contribution in [0.4, 0.5) is 4.39 Å². The summed E-state index contributed by atoms with van der Waals surface area (Å²) in [5.74, 6) is 0.540. The van der Waals surface area contributed by atoms with Gasteiger partial charge < -0.3 is 10.4 Å². The predicted octanol–water partition coefficient (Wildman–Crippen LogP) is 1.73. The van der Waals surface area contributed by atoms with E-state index in [0.29, 0.717) is 17.7 Å². The summed E-state index contributed by atoms with van der Waals surface area (Å²) in [7, 11) is 0. The third-order valence-corrected chi connectivity index (χ3v) is 4.33. The van der Waals surface area contributed by atoms with Gasteiger partial charge >= 0.3 is 0 Å². The summed E-state index contributed by atoms with van der Waals surface area (Å²) in [6.07, 6.45) is 0.661. The molecule has 1 heterocycles. The molecule has 1 saturated heterocycles. The van der Waals surface area contributed by atoms with Gasteiger partial charge in [0.25, 0.3) is 5.91 Å². The van der Waals surface area contributed by atoms with E-state index in [2.05, 4.69) is 5.32 Å². The first kappa shape index (κ1) is 13.4. The molecule has 1 aromatic carbocycles. The number of halogens is 1. The Bertz CT molecular complexity index is 458. The molecule has 98 valence electrons. The number of rotatable bonds is 3. The van der Waals surface area contributed by atoms with E-state index >= 15 is 0 Å². The molecule has 1 aliphatic heterocycles. The van der Waals surface area contributed by atoms with Crippen LogP contribution >= 0.6 is 11.8 Å². The standard InChI is InChI=1S/C13H16FNO2S/c1-9-3-2-4-10(11(9)14)12(16)15-7-13(17)5-6-18-8-13/h2-4,17H,5-8H2,1H3,(H,15,16). The minimum Gasteiger partial charge on any atom is -0.387 e. The molecule has 0 radical (unpaired) electrons. The van der Waals surface area contributed by atoms with Crippen molar-refractivity contribution in [1.82, 2.24) is 5.32 Å². The van der Waals surface area contributed by atoms with Gasteiger partial charge in [-0.15, -0.1) is 0 Å². The van der Waals surface area contributed by atoms with E-state index in [1.165, 1.54) is 6.07 Å². The number of thioether (sulfide) groups is 1. The maximum Gasteiger partial charge on any atom is 0.254 e. The Morgan fingerprint density at radius 3 is 3.06 bits per heavy atom. The number of hydrogen-bond donors (Lipinski definition) is 2. The lowest BCUT2D eigenvalue weighted by Gasteiger charge is -2.21. The van der Waals surface area contributed by atoms with Gasteiger partial charge in [-0.1, -0.05) is 12.1 Å². The Hall–Kier alpha value is -1.07. The SMILES string of the molecule is Cc1cccc(C(=O)NCC2(O)CCSC2)c1F. The molecular formula is C13H16FNO2S. The second kappa shape index (κ2) is 5.28. The number of carbonyl (C=O) groups is 1. The highest BCUT2D eigenvalue weighted by molar-refractivity contribution is 7.99. The number of hydrogen-bond acceptors (Lipinski definition) is 3. The van der Waals surface area contributed by atoms with Crippen LogP contribution in [-0.2, 0) is 0 Å². The lowest BCUT2D eigenvalue weighted by Crippen LogP contribution is -2.43. The fourth-order valence-corrected chi connectivity index (χ4v) is 3.19. The van der Waals surface area contributed by atoms with E-state index < -0.39 is 17.3 Å². The Labute approximate surface area is 110 Å². The van der Waals surface area contributed by atoms with Crippen LogP contribution in [0.15, 0.2) is 18.2 Å². The van der Waals surface area contributed by atoms with Gasteiger partial charge in [-0.05, 0) is 30.7 Å². The largest absolute Gasteiger partial charge is 0.387 e. The van der Waals surface area contributed by atoms with Crippen molar-refractivity contribution < 1.29 is 14.3 Å². The molecule has 0 aliphatic carbocycles. The number of amides is 1. The van der Waals surface area contributed by atoms with Crippen molar-refractivity contribution in [1.29, 1.82) is 0 Å². The summed E-state index contributed by atoms with van der Waals surface area (Å²) in [4.78, 5) is 11.8. The van der Waals surface area contributed by atoms with E-state index in [-0.39, 0.29) is 12.1 Å². The minimum atomic E-state index is -0.847. The summed E-state index contributed by atoms with van der Waals surface area (Å²) in [6.45, 7) is 1.79. The second-order valence-corrected chi connectivity index (χ2v) is 5.75. The minimum absolute atomic E-state index is 0.0317. The average molecular weight is 269 g/mol. The van der Waals surface area contributed by atoms with Crippen LogP contribution in [0.25, 0.3) is 0 Å². The van der Waals surface area contributed by atoms with Crippen LogP contribution in [-0.4, -0.2) is 34.7 Å². The van der Waals surface area contributed by atoms with Crippen LogP contribution in [0.2, 0.25) is 0 Å². The van der Waals surface area contributed by atoms with Gasteiger partial charge in [-0.2, -0.15) is 11.8 Å². The molecule has 0 saturated carbocycles. The Balaban J connectivity index is 2.01. The van der Waals surface area contributed by atoms with E-state index in [4.69, 9.17) is 0 Å². The molecule has 1 aromatic rings. The smallest absolute Gasteiger partial charge is 0.254 e. The highest BCUT2D eigenvalue weighted by Gasteiger charge is 2.32. The zero-order valence-electron chi connectivity index (χ0n) is 10.2. The van der Waals surface area contributed by atoms with Gasteiger partial charge in [0.15, 0.2) is 0 Å². The van der Waals surface area contributed by atoms with Crippen LogP contribution in [0.5, 0.6) is 0 Å². The molecule has 1 aliphatic rings. The van der Waals surface area contributed by atoms with Gasteiger partial charge in [0.05, 0.1) is 11.2 Å². The summed E-state index contributed by atoms with van der Waals surface area (Å²) in [5.41, 5.74) is -0.372. The highest BCUT2D eigenvalue weighted by Crippen LogP contribution is 2.27. The first-order valence-electron chi connectivity index (χ1n) is 5.85. The quantitative estimate of drug-likeness (QED) is 0.878. The fourth-order valence-electron chi connectivity index (χ4n) is 1.90. The maximum atomic E-state index is 13.7. The van der Waals surface area contributed by atoms with Crippen molar-refractivity contribution in [2.24, 2.45) is 0 Å². The monoisotopic (exact) mass is 269 g/mol. The van der Waals surface area contributed by atoms with Gasteiger partial charge in [0.2, 0.25) is 0 Å². The fraction of sp³-hybridized carbons (Fsp3) is 0.462. The van der Waals surface area contributed by atoms with Crippen LogP contribution in [0.3, 0.4) is 0 Å². The topological polar surface area (TPSA) is 49.3 Å². The molecule has 5 heteroatoms. The van der Waals surface area contributed by atoms with Crippen molar-refractivity contribution >= 4 is 17.7 Å². The van der Waals surface area contributed by atoms with Crippen LogP contribution < -0.4 is 5.32 Å². The molecule has 3 nitrogen and oxygen atoms in total. The van der Waals surface area contributed by atoms with Crippen molar-refractivity contribution in [3.63, 3.8) is 0 Å². The number of carbonyl (C=O) groups excluding carboxylic acids is 1. The van der Waals surface area contributed by atoms with E-state index in [9.17, 15) is 14.3 Å².